The van der Waals surface area contributed by atoms with Gasteiger partial charge in [-0.2, -0.15) is 0 Å². The molecule has 0 unspecified atom stereocenters. The third-order valence-corrected chi connectivity index (χ3v) is 10.8. The van der Waals surface area contributed by atoms with Gasteiger partial charge in [-0.25, -0.2) is 0 Å². The molecule has 0 saturated heterocycles. The fourth-order valence-electron chi connectivity index (χ4n) is 9.11. The Morgan fingerprint density at radius 2 is 0.957 bits per heavy atom. The zero-order valence-corrected chi connectivity index (χ0v) is 24.8. The van der Waals surface area contributed by atoms with Crippen LogP contribution in [0.2, 0.25) is 0 Å². The molecule has 0 N–H and O–H groups in total. The van der Waals surface area contributed by atoms with Crippen LogP contribution in [-0.2, 0) is 0 Å². The van der Waals surface area contributed by atoms with E-state index in [2.05, 4.69) is 159 Å². The Morgan fingerprint density at radius 1 is 0.348 bits per heavy atom. The Kier molecular flexibility index (Phi) is 4.06. The van der Waals surface area contributed by atoms with E-state index in [1.807, 2.05) is 0 Å². The van der Waals surface area contributed by atoms with E-state index in [9.17, 15) is 0 Å². The van der Waals surface area contributed by atoms with E-state index in [1.54, 1.807) is 0 Å². The molecule has 3 nitrogen and oxygen atoms in total. The molecule has 3 aromatic heterocycles. The molecule has 0 bridgehead atoms. The van der Waals surface area contributed by atoms with Gasteiger partial charge in [-0.1, -0.05) is 97.1 Å². The molecule has 0 atom stereocenters. The van der Waals surface area contributed by atoms with E-state index >= 15 is 0 Å². The minimum atomic E-state index is 0.167. The molecule has 0 aliphatic carbocycles. The van der Waals surface area contributed by atoms with Crippen molar-refractivity contribution in [3.8, 4) is 17.1 Å². The third kappa shape index (κ3) is 2.58. The minimum absolute atomic E-state index is 0.167. The van der Waals surface area contributed by atoms with E-state index in [-0.39, 0.29) is 6.71 Å². The summed E-state index contributed by atoms with van der Waals surface area (Å²) in [5.74, 6) is 0. The van der Waals surface area contributed by atoms with Crippen molar-refractivity contribution in [2.45, 2.75) is 0 Å². The Hall–Kier alpha value is -6.00. The number of nitrogens with zero attached hydrogens (tertiary/aromatic N) is 3. The Labute approximate surface area is 264 Å². The van der Waals surface area contributed by atoms with Gasteiger partial charge < -0.3 is 13.7 Å². The van der Waals surface area contributed by atoms with Gasteiger partial charge in [0.2, 0.25) is 0 Å². The van der Waals surface area contributed by atoms with Crippen molar-refractivity contribution in [1.82, 2.24) is 13.7 Å². The first kappa shape index (κ1) is 23.4. The molecule has 0 amide bonds. The Morgan fingerprint density at radius 3 is 1.83 bits per heavy atom. The second kappa shape index (κ2) is 7.98. The van der Waals surface area contributed by atoms with Crippen molar-refractivity contribution in [3.63, 3.8) is 0 Å². The molecule has 0 radical (unpaired) electrons. The highest BCUT2D eigenvalue weighted by Crippen LogP contribution is 2.42. The van der Waals surface area contributed by atoms with Gasteiger partial charge in [-0.15, -0.1) is 0 Å². The normalized spacial score (nSPS) is 13.2. The van der Waals surface area contributed by atoms with E-state index in [0.717, 1.165) is 0 Å². The van der Waals surface area contributed by atoms with Gasteiger partial charge in [0.1, 0.15) is 0 Å². The summed E-state index contributed by atoms with van der Waals surface area (Å²) in [5, 5.41) is 7.84. The number of aromatic nitrogens is 3. The molecule has 0 fully saturated rings. The van der Waals surface area contributed by atoms with Gasteiger partial charge in [0.05, 0.1) is 27.6 Å². The number of hydrogen-bond donors (Lipinski definition) is 0. The van der Waals surface area contributed by atoms with Gasteiger partial charge in [0.25, 0.3) is 6.71 Å². The molecular formula is C42H24BN3. The smallest absolute Gasteiger partial charge is 0.252 e. The van der Waals surface area contributed by atoms with E-state index < -0.39 is 0 Å². The molecular weight excluding hydrogens is 557 g/mol. The highest BCUT2D eigenvalue weighted by Gasteiger charge is 2.40. The summed E-state index contributed by atoms with van der Waals surface area (Å²) in [6.07, 6.45) is 0. The van der Waals surface area contributed by atoms with Crippen LogP contribution in [0, 0.1) is 0 Å². The lowest BCUT2D eigenvalue weighted by molar-refractivity contribution is 1.15. The van der Waals surface area contributed by atoms with Crippen molar-refractivity contribution in [1.29, 1.82) is 0 Å². The Balaban J connectivity index is 1.31. The van der Waals surface area contributed by atoms with Gasteiger partial charge in [-0.05, 0) is 64.9 Å². The lowest BCUT2D eigenvalue weighted by Crippen LogP contribution is -2.59. The summed E-state index contributed by atoms with van der Waals surface area (Å²) in [6.45, 7) is 0.167. The number of rotatable bonds is 1. The average Bonchev–Trinajstić information content (AvgIpc) is 3.75. The lowest BCUT2D eigenvalue weighted by atomic mass is 9.34. The Bertz CT molecular complexity index is 2980. The minimum Gasteiger partial charge on any atom is -0.310 e. The van der Waals surface area contributed by atoms with Crippen LogP contribution in [0.25, 0.3) is 82.5 Å². The summed E-state index contributed by atoms with van der Waals surface area (Å²) in [6, 6.07) is 54.2. The average molecular weight is 581 g/mol. The van der Waals surface area contributed by atoms with Crippen LogP contribution in [0.4, 0.5) is 0 Å². The van der Waals surface area contributed by atoms with Crippen LogP contribution < -0.4 is 16.4 Å². The first-order chi connectivity index (χ1) is 22.9. The van der Waals surface area contributed by atoms with Crippen molar-refractivity contribution in [3.05, 3.63) is 146 Å². The van der Waals surface area contributed by atoms with Crippen LogP contribution in [0.1, 0.15) is 0 Å². The van der Waals surface area contributed by atoms with Gasteiger partial charge in [-0.3, -0.25) is 0 Å². The molecule has 7 aromatic carbocycles. The number of benzene rings is 7. The van der Waals surface area contributed by atoms with E-state index in [4.69, 9.17) is 0 Å². The zero-order valence-electron chi connectivity index (χ0n) is 24.8. The monoisotopic (exact) mass is 581 g/mol. The zero-order chi connectivity index (χ0) is 29.7. The van der Waals surface area contributed by atoms with Crippen LogP contribution in [-0.4, -0.2) is 20.4 Å². The molecule has 10 aromatic rings. The van der Waals surface area contributed by atoms with Crippen LogP contribution in [0.5, 0.6) is 0 Å². The van der Waals surface area contributed by atoms with Gasteiger partial charge in [0.15, 0.2) is 0 Å². The number of para-hydroxylation sites is 5. The third-order valence-electron chi connectivity index (χ3n) is 10.8. The van der Waals surface area contributed by atoms with E-state index in [1.165, 1.54) is 98.9 Å². The number of hydrogen-bond acceptors (Lipinski definition) is 0. The predicted molar refractivity (Wildman–Crippen MR) is 194 cm³/mol. The molecule has 0 spiro atoms. The molecule has 210 valence electrons. The molecule has 2 aliphatic heterocycles. The molecule has 0 saturated carbocycles. The second-order valence-electron chi connectivity index (χ2n) is 12.9. The van der Waals surface area contributed by atoms with Crippen molar-refractivity contribution in [2.75, 3.05) is 0 Å². The summed E-state index contributed by atoms with van der Waals surface area (Å²) in [7, 11) is 0. The van der Waals surface area contributed by atoms with Crippen molar-refractivity contribution in [2.24, 2.45) is 0 Å². The summed E-state index contributed by atoms with van der Waals surface area (Å²) >= 11 is 0. The topological polar surface area (TPSA) is 14.8 Å². The van der Waals surface area contributed by atoms with Gasteiger partial charge >= 0.3 is 0 Å². The predicted octanol–water partition coefficient (Wildman–Crippen LogP) is 8.12. The summed E-state index contributed by atoms with van der Waals surface area (Å²) < 4.78 is 7.54. The maximum atomic E-state index is 2.58. The first-order valence-corrected chi connectivity index (χ1v) is 16.1. The summed E-state index contributed by atoms with van der Waals surface area (Å²) in [5.41, 5.74) is 15.6. The molecule has 12 rings (SSSR count). The fraction of sp³-hybridized carbons (Fsp3) is 0. The van der Waals surface area contributed by atoms with Crippen LogP contribution in [0.3, 0.4) is 0 Å². The standard InChI is InChI=1S/C42H24BN3/c1-2-11-25(12-3-1)44-34-18-7-5-14-27(34)30-23-31-28-15-10-17-33-41(28)46(39(31)24-38(30)44)37-22-21-29-26-13-4-8-19-35(26)45-36-20-9-6-16-32(36)43(33)40(37)42(29)45/h1-24H. The van der Waals surface area contributed by atoms with Crippen molar-refractivity contribution < 1.29 is 0 Å². The van der Waals surface area contributed by atoms with Crippen LogP contribution in [0.15, 0.2) is 146 Å². The second-order valence-corrected chi connectivity index (χ2v) is 12.9. The SMILES string of the molecule is c1ccc(-n2c3ccccc3c3cc4c5cccc6c5n(c4cc32)-c2ccc3c4ccccc4n4c3c2B6c2ccccc2-4)cc1. The molecule has 46 heavy (non-hydrogen) atoms. The number of fused-ring (bicyclic) bond motifs is 14. The molecule has 2 aliphatic rings. The quantitative estimate of drug-likeness (QED) is 0.174. The summed E-state index contributed by atoms with van der Waals surface area (Å²) in [4.78, 5) is 0. The molecule has 4 heteroatoms. The molecule has 5 heterocycles. The van der Waals surface area contributed by atoms with Gasteiger partial charge in [0, 0.05) is 54.9 Å². The lowest BCUT2D eigenvalue weighted by Gasteiger charge is -2.33. The first-order valence-electron chi connectivity index (χ1n) is 16.1. The van der Waals surface area contributed by atoms with E-state index in [0.29, 0.717) is 0 Å². The highest BCUT2D eigenvalue weighted by atomic mass is 15.0. The largest absolute Gasteiger partial charge is 0.310 e. The highest BCUT2D eigenvalue weighted by molar-refractivity contribution is 7.00. The maximum Gasteiger partial charge on any atom is 0.252 e. The van der Waals surface area contributed by atoms with Crippen LogP contribution >= 0.6 is 0 Å². The van der Waals surface area contributed by atoms with Crippen molar-refractivity contribution >= 4 is 88.5 Å². The fourth-order valence-corrected chi connectivity index (χ4v) is 9.11. The maximum absolute atomic E-state index is 2.58.